The number of nitrogen functional groups attached to an aromatic ring is 1. The quantitative estimate of drug-likeness (QED) is 0.877. The molecule has 0 radical (unpaired) electrons. The minimum Gasteiger partial charge on any atom is -0.375 e. The summed E-state index contributed by atoms with van der Waals surface area (Å²) in [6.07, 6.45) is 5.27. The van der Waals surface area contributed by atoms with E-state index in [-0.39, 0.29) is 30.4 Å². The first kappa shape index (κ1) is 16.0. The van der Waals surface area contributed by atoms with Crippen LogP contribution in [0.5, 0.6) is 0 Å². The maximum Gasteiger partial charge on any atom is 0.180 e. The molecule has 6 heteroatoms. The summed E-state index contributed by atoms with van der Waals surface area (Å²) in [4.78, 5) is 5.63. The Hall–Kier alpha value is -0.0300. The van der Waals surface area contributed by atoms with Crippen molar-refractivity contribution in [3.05, 3.63) is 10.6 Å². The first-order chi connectivity index (χ1) is 6.63. The summed E-state index contributed by atoms with van der Waals surface area (Å²) in [7, 11) is 0. The highest BCUT2D eigenvalue weighted by Gasteiger charge is 2.31. The third-order valence-electron chi connectivity index (χ3n) is 2.91. The highest BCUT2D eigenvalue weighted by molar-refractivity contribution is 7.15. The zero-order chi connectivity index (χ0) is 10.2. The van der Waals surface area contributed by atoms with Crippen LogP contribution in [0.1, 0.15) is 36.8 Å². The van der Waals surface area contributed by atoms with E-state index in [2.05, 4.69) is 11.9 Å². The number of aryl methyl sites for hydroxylation is 1. The molecule has 0 aromatic carbocycles. The van der Waals surface area contributed by atoms with Crippen molar-refractivity contribution in [3.8, 4) is 0 Å². The maximum atomic E-state index is 6.33. The van der Waals surface area contributed by atoms with Gasteiger partial charge in [0.05, 0.1) is 5.69 Å². The van der Waals surface area contributed by atoms with Crippen LogP contribution in [0.4, 0.5) is 5.13 Å². The second-order valence-corrected chi connectivity index (χ2v) is 5.33. The molecule has 0 fully saturated rings. The molecule has 0 amide bonds. The lowest BCUT2D eigenvalue weighted by Gasteiger charge is -2.32. The van der Waals surface area contributed by atoms with Crippen molar-refractivity contribution in [1.29, 1.82) is 0 Å². The molecular weight excluding hydrogens is 265 g/mol. The molecule has 4 N–H and O–H groups in total. The summed E-state index contributed by atoms with van der Waals surface area (Å²) in [5.74, 6) is 0. The monoisotopic (exact) mass is 283 g/mol. The number of halogens is 2. The van der Waals surface area contributed by atoms with Gasteiger partial charge in [-0.3, -0.25) is 0 Å². The van der Waals surface area contributed by atoms with Crippen LogP contribution in [0.25, 0.3) is 0 Å². The van der Waals surface area contributed by atoms with Crippen LogP contribution in [0, 0.1) is 0 Å². The van der Waals surface area contributed by atoms with Crippen LogP contribution >= 0.6 is 36.2 Å². The Morgan fingerprint density at radius 3 is 2.75 bits per heavy atom. The van der Waals surface area contributed by atoms with Gasteiger partial charge in [0, 0.05) is 16.8 Å². The molecule has 0 unspecified atom stereocenters. The molecule has 1 aromatic rings. The van der Waals surface area contributed by atoms with E-state index in [1.165, 1.54) is 10.6 Å². The summed E-state index contributed by atoms with van der Waals surface area (Å²) in [6.45, 7) is 2.19. The summed E-state index contributed by atoms with van der Waals surface area (Å²) in [6, 6.07) is 0. The van der Waals surface area contributed by atoms with E-state index in [1.54, 1.807) is 11.3 Å². The van der Waals surface area contributed by atoms with Gasteiger partial charge in [0.1, 0.15) is 0 Å². The van der Waals surface area contributed by atoms with Crippen molar-refractivity contribution in [2.45, 2.75) is 44.6 Å². The molecule has 2 rings (SSSR count). The minimum atomic E-state index is 0. The molecule has 0 bridgehead atoms. The molecule has 1 aliphatic carbocycles. The lowest BCUT2D eigenvalue weighted by Crippen LogP contribution is -2.44. The smallest absolute Gasteiger partial charge is 0.180 e. The van der Waals surface area contributed by atoms with Crippen molar-refractivity contribution in [2.24, 2.45) is 5.73 Å². The van der Waals surface area contributed by atoms with E-state index in [0.29, 0.717) is 5.13 Å². The Bertz CT molecular complexity index is 343. The molecule has 1 atom stereocenters. The van der Waals surface area contributed by atoms with E-state index >= 15 is 0 Å². The number of rotatable bonds is 2. The standard InChI is InChI=1S/C10H17N3S.2ClH/c1-2-4-10(12)5-3-7-8(6-10)14-9(11)13-7;;/h2-6,12H2,1H3,(H2,11,13);2*1H/t10-;;/m1../s1. The van der Waals surface area contributed by atoms with Gasteiger partial charge in [-0.15, -0.1) is 36.2 Å². The Balaban J connectivity index is 0.00000112. The summed E-state index contributed by atoms with van der Waals surface area (Å²) < 4.78 is 0. The number of aromatic nitrogens is 1. The van der Waals surface area contributed by atoms with Gasteiger partial charge in [-0.25, -0.2) is 4.98 Å². The number of anilines is 1. The second-order valence-electron chi connectivity index (χ2n) is 4.21. The summed E-state index contributed by atoms with van der Waals surface area (Å²) >= 11 is 1.61. The molecule has 3 nitrogen and oxygen atoms in total. The molecule has 0 spiro atoms. The van der Waals surface area contributed by atoms with Crippen LogP contribution in [0.15, 0.2) is 0 Å². The van der Waals surface area contributed by atoms with E-state index in [1.807, 2.05) is 0 Å². The largest absolute Gasteiger partial charge is 0.375 e. The van der Waals surface area contributed by atoms with Gasteiger partial charge in [0.25, 0.3) is 0 Å². The van der Waals surface area contributed by atoms with E-state index < -0.39 is 0 Å². The highest BCUT2D eigenvalue weighted by Crippen LogP contribution is 2.34. The lowest BCUT2D eigenvalue weighted by molar-refractivity contribution is 0.344. The molecular formula is C10H19Cl2N3S. The Morgan fingerprint density at radius 2 is 2.12 bits per heavy atom. The number of fused-ring (bicyclic) bond motifs is 1. The molecule has 1 heterocycles. The summed E-state index contributed by atoms with van der Waals surface area (Å²) in [5, 5.41) is 0.691. The van der Waals surface area contributed by atoms with Crippen molar-refractivity contribution < 1.29 is 0 Å². The van der Waals surface area contributed by atoms with Crippen LogP contribution in [-0.2, 0) is 12.8 Å². The number of thiazole rings is 1. The number of nitrogens with zero attached hydrogens (tertiary/aromatic N) is 1. The zero-order valence-electron chi connectivity index (χ0n) is 9.36. The first-order valence-corrected chi connectivity index (χ1v) is 5.97. The number of hydrogen-bond acceptors (Lipinski definition) is 4. The molecule has 0 saturated carbocycles. The van der Waals surface area contributed by atoms with Gasteiger partial charge in [0.2, 0.25) is 0 Å². The number of hydrogen-bond donors (Lipinski definition) is 2. The van der Waals surface area contributed by atoms with E-state index in [9.17, 15) is 0 Å². The second kappa shape index (κ2) is 6.05. The first-order valence-electron chi connectivity index (χ1n) is 5.16. The van der Waals surface area contributed by atoms with Gasteiger partial charge < -0.3 is 11.5 Å². The maximum absolute atomic E-state index is 6.33. The van der Waals surface area contributed by atoms with Crippen LogP contribution in [-0.4, -0.2) is 10.5 Å². The molecule has 0 aliphatic heterocycles. The predicted octanol–water partition coefficient (Wildman–Crippen LogP) is 2.56. The van der Waals surface area contributed by atoms with Crippen molar-refractivity contribution in [3.63, 3.8) is 0 Å². The molecule has 1 aromatic heterocycles. The van der Waals surface area contributed by atoms with Gasteiger partial charge in [-0.2, -0.15) is 0 Å². The van der Waals surface area contributed by atoms with E-state index in [0.717, 1.165) is 32.1 Å². The Kier molecular flexibility index (Phi) is 6.04. The molecule has 0 saturated heterocycles. The third kappa shape index (κ3) is 3.23. The van der Waals surface area contributed by atoms with Gasteiger partial charge in [-0.1, -0.05) is 13.3 Å². The van der Waals surface area contributed by atoms with Crippen molar-refractivity contribution in [1.82, 2.24) is 4.98 Å². The predicted molar refractivity (Wildman–Crippen MR) is 74.9 cm³/mol. The fourth-order valence-electron chi connectivity index (χ4n) is 2.22. The average molecular weight is 284 g/mol. The van der Waals surface area contributed by atoms with Gasteiger partial charge in [-0.05, 0) is 19.3 Å². The fourth-order valence-corrected chi connectivity index (χ4v) is 3.26. The van der Waals surface area contributed by atoms with Crippen LogP contribution in [0.2, 0.25) is 0 Å². The highest BCUT2D eigenvalue weighted by atomic mass is 35.5. The molecule has 16 heavy (non-hydrogen) atoms. The normalized spacial score (nSPS) is 22.9. The molecule has 1 aliphatic rings. The van der Waals surface area contributed by atoms with E-state index in [4.69, 9.17) is 11.5 Å². The zero-order valence-corrected chi connectivity index (χ0v) is 11.8. The lowest BCUT2D eigenvalue weighted by atomic mass is 9.81. The number of nitrogens with two attached hydrogens (primary N) is 2. The SMILES string of the molecule is CCC[C@@]1(N)CCc2nc(N)sc2C1.Cl.Cl. The fraction of sp³-hybridized carbons (Fsp3) is 0.700. The third-order valence-corrected chi connectivity index (χ3v) is 3.84. The minimum absolute atomic E-state index is 0. The topological polar surface area (TPSA) is 64.9 Å². The van der Waals surface area contributed by atoms with Crippen molar-refractivity contribution >= 4 is 41.3 Å². The summed E-state index contributed by atoms with van der Waals surface area (Å²) in [5.41, 5.74) is 13.2. The Morgan fingerprint density at radius 1 is 1.44 bits per heavy atom. The van der Waals surface area contributed by atoms with Gasteiger partial charge >= 0.3 is 0 Å². The van der Waals surface area contributed by atoms with Gasteiger partial charge in [0.15, 0.2) is 5.13 Å². The van der Waals surface area contributed by atoms with Crippen molar-refractivity contribution in [2.75, 3.05) is 5.73 Å². The average Bonchev–Trinajstić information content (AvgIpc) is 2.44. The molecule has 94 valence electrons. The van der Waals surface area contributed by atoms with Crippen LogP contribution in [0.3, 0.4) is 0 Å². The van der Waals surface area contributed by atoms with Crippen LogP contribution < -0.4 is 11.5 Å². The Labute approximate surface area is 113 Å².